The zero-order chi connectivity index (χ0) is 12.4. The minimum absolute atomic E-state index is 0.688. The molecule has 2 aromatic rings. The van der Waals surface area contributed by atoms with Gasteiger partial charge in [0.25, 0.3) is 0 Å². The lowest BCUT2D eigenvalue weighted by Gasteiger charge is -2.16. The van der Waals surface area contributed by atoms with E-state index in [1.54, 1.807) is 0 Å². The predicted octanol–water partition coefficient (Wildman–Crippen LogP) is 2.25. The summed E-state index contributed by atoms with van der Waals surface area (Å²) in [6.07, 6.45) is 7.72. The molecule has 0 atom stereocenters. The zero-order valence-electron chi connectivity index (χ0n) is 10.6. The van der Waals surface area contributed by atoms with Gasteiger partial charge in [0.2, 0.25) is 0 Å². The van der Waals surface area contributed by atoms with E-state index in [0.717, 1.165) is 19.3 Å². The number of aromatic nitrogens is 2. The summed E-state index contributed by atoms with van der Waals surface area (Å²) in [5, 5.41) is 0. The second-order valence-corrected chi connectivity index (χ2v) is 4.88. The summed E-state index contributed by atoms with van der Waals surface area (Å²) >= 11 is 0. The van der Waals surface area contributed by atoms with Crippen LogP contribution in [0.3, 0.4) is 0 Å². The Bertz CT molecular complexity index is 542. The Balaban J connectivity index is 2.07. The van der Waals surface area contributed by atoms with Crippen LogP contribution < -0.4 is 5.73 Å². The zero-order valence-corrected chi connectivity index (χ0v) is 10.6. The van der Waals surface area contributed by atoms with E-state index in [1.807, 2.05) is 6.33 Å². The minimum atomic E-state index is 0.688. The van der Waals surface area contributed by atoms with Gasteiger partial charge in [0, 0.05) is 5.69 Å². The van der Waals surface area contributed by atoms with Crippen LogP contribution in [0.1, 0.15) is 29.8 Å². The van der Waals surface area contributed by atoms with Crippen molar-refractivity contribution in [3.63, 3.8) is 0 Å². The van der Waals surface area contributed by atoms with Crippen LogP contribution in [0, 0.1) is 0 Å². The highest BCUT2D eigenvalue weighted by atomic mass is 15.1. The van der Waals surface area contributed by atoms with Crippen molar-refractivity contribution < 1.29 is 0 Å². The first-order chi connectivity index (χ1) is 8.90. The number of imidazole rings is 1. The van der Waals surface area contributed by atoms with Crippen molar-refractivity contribution in [3.05, 3.63) is 47.5 Å². The summed E-state index contributed by atoms with van der Waals surface area (Å²) in [4.78, 5) is 4.57. The minimum Gasteiger partial charge on any atom is -0.330 e. The molecule has 1 aromatic carbocycles. The number of fused-ring (bicyclic) bond motifs is 1. The lowest BCUT2D eigenvalue weighted by atomic mass is 10.0. The van der Waals surface area contributed by atoms with Gasteiger partial charge in [-0.25, -0.2) is 4.98 Å². The van der Waals surface area contributed by atoms with Crippen molar-refractivity contribution in [2.24, 2.45) is 5.73 Å². The highest BCUT2D eigenvalue weighted by Gasteiger charge is 2.17. The molecule has 3 rings (SSSR count). The Morgan fingerprint density at radius 3 is 2.89 bits per heavy atom. The summed E-state index contributed by atoms with van der Waals surface area (Å²) in [5.41, 5.74) is 10.9. The van der Waals surface area contributed by atoms with Crippen molar-refractivity contribution >= 4 is 0 Å². The van der Waals surface area contributed by atoms with E-state index in [1.165, 1.54) is 35.5 Å². The molecule has 0 saturated heterocycles. The van der Waals surface area contributed by atoms with Crippen LogP contribution in [0.5, 0.6) is 0 Å². The summed E-state index contributed by atoms with van der Waals surface area (Å²) in [7, 11) is 0. The van der Waals surface area contributed by atoms with E-state index in [0.29, 0.717) is 6.54 Å². The molecule has 0 radical (unpaired) electrons. The van der Waals surface area contributed by atoms with Gasteiger partial charge in [-0.15, -0.1) is 0 Å². The van der Waals surface area contributed by atoms with Gasteiger partial charge in [0.1, 0.15) is 0 Å². The second kappa shape index (κ2) is 4.94. The molecule has 1 aliphatic rings. The molecule has 0 spiro atoms. The van der Waals surface area contributed by atoms with Gasteiger partial charge in [-0.05, 0) is 50.3 Å². The van der Waals surface area contributed by atoms with Gasteiger partial charge >= 0.3 is 0 Å². The molecule has 3 heteroatoms. The molecule has 1 aromatic heterocycles. The van der Waals surface area contributed by atoms with Crippen LogP contribution in [-0.4, -0.2) is 16.1 Å². The van der Waals surface area contributed by atoms with Crippen LogP contribution in [-0.2, 0) is 19.3 Å². The fourth-order valence-corrected chi connectivity index (χ4v) is 2.79. The number of rotatable bonds is 3. The first-order valence-corrected chi connectivity index (χ1v) is 6.73. The summed E-state index contributed by atoms with van der Waals surface area (Å²) in [5.74, 6) is 0. The molecule has 18 heavy (non-hydrogen) atoms. The molecule has 0 bridgehead atoms. The van der Waals surface area contributed by atoms with Gasteiger partial charge in [-0.2, -0.15) is 0 Å². The molecule has 0 unspecified atom stereocenters. The molecular weight excluding hydrogens is 222 g/mol. The number of nitrogens with zero attached hydrogens (tertiary/aromatic N) is 2. The largest absolute Gasteiger partial charge is 0.330 e. The lowest BCUT2D eigenvalue weighted by Crippen LogP contribution is -2.10. The number of hydrogen-bond acceptors (Lipinski definition) is 2. The maximum atomic E-state index is 5.70. The van der Waals surface area contributed by atoms with E-state index < -0.39 is 0 Å². The van der Waals surface area contributed by atoms with E-state index >= 15 is 0 Å². The Morgan fingerprint density at radius 2 is 2.00 bits per heavy atom. The van der Waals surface area contributed by atoms with E-state index in [4.69, 9.17) is 5.73 Å². The quantitative estimate of drug-likeness (QED) is 0.895. The average Bonchev–Trinajstić information content (AvgIpc) is 2.84. The molecule has 2 N–H and O–H groups in total. The van der Waals surface area contributed by atoms with Crippen molar-refractivity contribution in [1.29, 1.82) is 0 Å². The lowest BCUT2D eigenvalue weighted by molar-refractivity contribution is 0.655. The van der Waals surface area contributed by atoms with Gasteiger partial charge in [0.05, 0.1) is 17.7 Å². The molecule has 1 heterocycles. The second-order valence-electron chi connectivity index (χ2n) is 4.88. The molecule has 0 aliphatic heterocycles. The van der Waals surface area contributed by atoms with Gasteiger partial charge in [0.15, 0.2) is 0 Å². The molecule has 3 nitrogen and oxygen atoms in total. The molecule has 0 saturated carbocycles. The van der Waals surface area contributed by atoms with Crippen LogP contribution in [0.4, 0.5) is 0 Å². The van der Waals surface area contributed by atoms with Gasteiger partial charge in [-0.1, -0.05) is 18.2 Å². The van der Waals surface area contributed by atoms with Crippen LogP contribution in [0.15, 0.2) is 30.6 Å². The Hall–Kier alpha value is -1.61. The highest BCUT2D eigenvalue weighted by molar-refractivity contribution is 5.43. The SMILES string of the molecule is NCCc1ccccc1-n1cnc2c1CCCC2. The summed E-state index contributed by atoms with van der Waals surface area (Å²) in [6, 6.07) is 8.50. The smallest absolute Gasteiger partial charge is 0.0997 e. The van der Waals surface area contributed by atoms with Crippen molar-refractivity contribution in [2.45, 2.75) is 32.1 Å². The summed E-state index contributed by atoms with van der Waals surface area (Å²) < 4.78 is 2.26. The third-order valence-corrected chi connectivity index (χ3v) is 3.69. The maximum absolute atomic E-state index is 5.70. The van der Waals surface area contributed by atoms with Crippen molar-refractivity contribution in [1.82, 2.24) is 9.55 Å². The molecule has 0 amide bonds. The van der Waals surface area contributed by atoms with E-state index in [-0.39, 0.29) is 0 Å². The number of aryl methyl sites for hydroxylation is 1. The monoisotopic (exact) mass is 241 g/mol. The third kappa shape index (κ3) is 1.95. The maximum Gasteiger partial charge on any atom is 0.0997 e. The Kier molecular flexibility index (Phi) is 3.15. The first kappa shape index (κ1) is 11.5. The molecule has 94 valence electrons. The summed E-state index contributed by atoms with van der Waals surface area (Å²) in [6.45, 7) is 0.688. The van der Waals surface area contributed by atoms with Crippen LogP contribution in [0.25, 0.3) is 5.69 Å². The number of nitrogens with two attached hydrogens (primary N) is 1. The van der Waals surface area contributed by atoms with Crippen LogP contribution in [0.2, 0.25) is 0 Å². The van der Waals surface area contributed by atoms with Crippen molar-refractivity contribution in [2.75, 3.05) is 6.54 Å². The fourth-order valence-electron chi connectivity index (χ4n) is 2.79. The topological polar surface area (TPSA) is 43.8 Å². The van der Waals surface area contributed by atoms with Crippen LogP contribution >= 0.6 is 0 Å². The van der Waals surface area contributed by atoms with Crippen molar-refractivity contribution in [3.8, 4) is 5.69 Å². The standard InChI is InChI=1S/C15H19N3/c16-10-9-12-5-1-3-7-14(12)18-11-17-13-6-2-4-8-15(13)18/h1,3,5,7,11H,2,4,6,8-10,16H2. The van der Waals surface area contributed by atoms with E-state index in [9.17, 15) is 0 Å². The first-order valence-electron chi connectivity index (χ1n) is 6.73. The molecular formula is C15H19N3. The normalized spacial score (nSPS) is 14.5. The number of hydrogen-bond donors (Lipinski definition) is 1. The third-order valence-electron chi connectivity index (χ3n) is 3.69. The molecule has 1 aliphatic carbocycles. The number of para-hydroxylation sites is 1. The van der Waals surface area contributed by atoms with E-state index in [2.05, 4.69) is 33.8 Å². The highest BCUT2D eigenvalue weighted by Crippen LogP contribution is 2.24. The Labute approximate surface area is 108 Å². The average molecular weight is 241 g/mol. The fraction of sp³-hybridized carbons (Fsp3) is 0.400. The van der Waals surface area contributed by atoms with Gasteiger partial charge in [-0.3, -0.25) is 0 Å². The number of benzene rings is 1. The Morgan fingerprint density at radius 1 is 1.17 bits per heavy atom. The van der Waals surface area contributed by atoms with Gasteiger partial charge < -0.3 is 10.3 Å². The predicted molar refractivity (Wildman–Crippen MR) is 73.0 cm³/mol. The molecule has 0 fully saturated rings.